The van der Waals surface area contributed by atoms with Gasteiger partial charge in [-0.15, -0.1) is 0 Å². The van der Waals surface area contributed by atoms with E-state index in [0.717, 1.165) is 5.56 Å². The van der Waals surface area contributed by atoms with Crippen molar-refractivity contribution in [1.29, 1.82) is 0 Å². The molecular formula is C19H21F2N3O3. The molecule has 1 aromatic heterocycles. The van der Waals surface area contributed by atoms with Crippen LogP contribution in [0.3, 0.4) is 0 Å². The lowest BCUT2D eigenvalue weighted by Crippen LogP contribution is -2.23. The number of hydrogen-bond donors (Lipinski definition) is 2. The maximum Gasteiger partial charge on any atom is 0.272 e. The molecule has 2 rings (SSSR count). The summed E-state index contributed by atoms with van der Waals surface area (Å²) in [4.78, 5) is 27.7. The number of rotatable bonds is 7. The van der Waals surface area contributed by atoms with Crippen molar-refractivity contribution >= 4 is 17.6 Å². The van der Waals surface area contributed by atoms with Crippen LogP contribution in [0.5, 0.6) is 5.75 Å². The van der Waals surface area contributed by atoms with E-state index in [0.29, 0.717) is 28.4 Å². The number of anilines is 1. The number of aryl methyl sites for hydroxylation is 2. The summed E-state index contributed by atoms with van der Waals surface area (Å²) < 4.78 is 29.5. The minimum Gasteiger partial charge on any atom is -0.487 e. The predicted octanol–water partition coefficient (Wildman–Crippen LogP) is 3.23. The number of aromatic nitrogens is 1. The number of ether oxygens (including phenoxy) is 1. The average molecular weight is 377 g/mol. The van der Waals surface area contributed by atoms with Crippen LogP contribution in [0.25, 0.3) is 0 Å². The Bertz CT molecular complexity index is 841. The molecule has 0 saturated heterocycles. The van der Waals surface area contributed by atoms with Crippen LogP contribution in [0, 0.1) is 13.8 Å². The number of nitrogens with one attached hydrogen (secondary N) is 2. The number of hydrogen-bond acceptors (Lipinski definition) is 4. The molecule has 0 radical (unpaired) electrons. The van der Waals surface area contributed by atoms with E-state index in [2.05, 4.69) is 15.6 Å². The number of pyridine rings is 1. The fourth-order valence-electron chi connectivity index (χ4n) is 2.46. The molecule has 0 aliphatic heterocycles. The first-order valence-electron chi connectivity index (χ1n) is 8.29. The second-order valence-corrected chi connectivity index (χ2v) is 6.05. The molecule has 2 aromatic rings. The van der Waals surface area contributed by atoms with Crippen molar-refractivity contribution in [3.8, 4) is 5.75 Å². The molecule has 0 fully saturated rings. The first-order valence-corrected chi connectivity index (χ1v) is 8.29. The molecule has 144 valence electrons. The number of carbonyl (C=O) groups is 2. The van der Waals surface area contributed by atoms with E-state index < -0.39 is 13.0 Å². The summed E-state index contributed by atoms with van der Waals surface area (Å²) in [5.74, 6) is 0.103. The minimum atomic E-state index is -2.53. The van der Waals surface area contributed by atoms with Gasteiger partial charge in [0, 0.05) is 24.7 Å². The topological polar surface area (TPSA) is 80.3 Å². The van der Waals surface area contributed by atoms with Gasteiger partial charge in [0.2, 0.25) is 5.91 Å². The van der Waals surface area contributed by atoms with Crippen molar-refractivity contribution in [2.75, 3.05) is 11.9 Å². The SMILES string of the molecule is CC(=O)Nc1cc(C(=O)NCc2ccc(OCC(F)F)c(C)c2)cc(C)n1. The van der Waals surface area contributed by atoms with Crippen LogP contribution in [-0.2, 0) is 11.3 Å². The third kappa shape index (κ3) is 6.32. The van der Waals surface area contributed by atoms with Crippen LogP contribution >= 0.6 is 0 Å². The van der Waals surface area contributed by atoms with Crippen LogP contribution in [0.4, 0.5) is 14.6 Å². The lowest BCUT2D eigenvalue weighted by atomic mass is 10.1. The highest BCUT2D eigenvalue weighted by Gasteiger charge is 2.11. The van der Waals surface area contributed by atoms with E-state index in [4.69, 9.17) is 4.74 Å². The van der Waals surface area contributed by atoms with Crippen molar-refractivity contribution < 1.29 is 23.1 Å². The Morgan fingerprint density at radius 3 is 2.56 bits per heavy atom. The average Bonchev–Trinajstić information content (AvgIpc) is 2.57. The Kier molecular flexibility index (Phi) is 6.81. The number of benzene rings is 1. The summed E-state index contributed by atoms with van der Waals surface area (Å²) in [7, 11) is 0. The fraction of sp³-hybridized carbons (Fsp3) is 0.316. The predicted molar refractivity (Wildman–Crippen MR) is 97.1 cm³/mol. The Morgan fingerprint density at radius 1 is 1.19 bits per heavy atom. The minimum absolute atomic E-state index is 0.256. The zero-order valence-corrected chi connectivity index (χ0v) is 15.3. The van der Waals surface area contributed by atoms with Gasteiger partial charge in [0.05, 0.1) is 0 Å². The van der Waals surface area contributed by atoms with Crippen molar-refractivity contribution in [2.24, 2.45) is 0 Å². The zero-order chi connectivity index (χ0) is 20.0. The second kappa shape index (κ2) is 9.07. The molecule has 0 aliphatic rings. The van der Waals surface area contributed by atoms with Gasteiger partial charge >= 0.3 is 0 Å². The highest BCUT2D eigenvalue weighted by Crippen LogP contribution is 2.20. The molecule has 0 aliphatic carbocycles. The summed E-state index contributed by atoms with van der Waals surface area (Å²) >= 11 is 0. The van der Waals surface area contributed by atoms with Gasteiger partial charge in [-0.1, -0.05) is 12.1 Å². The zero-order valence-electron chi connectivity index (χ0n) is 15.3. The van der Waals surface area contributed by atoms with E-state index in [9.17, 15) is 18.4 Å². The second-order valence-electron chi connectivity index (χ2n) is 6.05. The summed E-state index contributed by atoms with van der Waals surface area (Å²) in [6, 6.07) is 8.18. The number of alkyl halides is 2. The first-order chi connectivity index (χ1) is 12.7. The summed E-state index contributed by atoms with van der Waals surface area (Å²) in [6.45, 7) is 4.43. The number of nitrogens with zero attached hydrogens (tertiary/aromatic N) is 1. The lowest BCUT2D eigenvalue weighted by molar-refractivity contribution is -0.114. The standard InChI is InChI=1S/C19H21F2N3O3/c1-11-6-14(4-5-16(11)27-10-17(20)21)9-22-19(26)15-7-12(2)23-18(8-15)24-13(3)25/h4-8,17H,9-10H2,1-3H3,(H,22,26)(H,23,24,25). The van der Waals surface area contributed by atoms with Gasteiger partial charge in [-0.2, -0.15) is 0 Å². The number of carbonyl (C=O) groups excluding carboxylic acids is 2. The fourth-order valence-corrected chi connectivity index (χ4v) is 2.46. The largest absolute Gasteiger partial charge is 0.487 e. The van der Waals surface area contributed by atoms with Crippen LogP contribution in [0.1, 0.15) is 34.1 Å². The van der Waals surface area contributed by atoms with E-state index >= 15 is 0 Å². The molecule has 8 heteroatoms. The lowest BCUT2D eigenvalue weighted by Gasteiger charge is -2.11. The third-order valence-electron chi connectivity index (χ3n) is 3.58. The quantitative estimate of drug-likeness (QED) is 0.776. The molecule has 2 amide bonds. The van der Waals surface area contributed by atoms with Gasteiger partial charge in [0.15, 0.2) is 0 Å². The van der Waals surface area contributed by atoms with Crippen molar-refractivity contribution in [2.45, 2.75) is 33.7 Å². The Morgan fingerprint density at radius 2 is 1.93 bits per heavy atom. The van der Waals surface area contributed by atoms with Gasteiger partial charge in [0.1, 0.15) is 18.2 Å². The maximum atomic E-state index is 12.4. The number of amides is 2. The molecule has 1 aromatic carbocycles. The van der Waals surface area contributed by atoms with Gasteiger partial charge in [-0.3, -0.25) is 9.59 Å². The normalized spacial score (nSPS) is 10.6. The Hall–Kier alpha value is -3.03. The molecule has 0 saturated carbocycles. The van der Waals surface area contributed by atoms with Gasteiger partial charge in [-0.05, 0) is 43.2 Å². The number of halogens is 2. The molecule has 2 N–H and O–H groups in total. The maximum absolute atomic E-state index is 12.4. The first kappa shape index (κ1) is 20.3. The molecular weight excluding hydrogens is 356 g/mol. The van der Waals surface area contributed by atoms with Gasteiger partial charge in [-0.25, -0.2) is 13.8 Å². The van der Waals surface area contributed by atoms with E-state index in [1.54, 1.807) is 38.1 Å². The molecule has 0 atom stereocenters. The van der Waals surface area contributed by atoms with Crippen molar-refractivity contribution in [1.82, 2.24) is 10.3 Å². The molecule has 1 heterocycles. The highest BCUT2D eigenvalue weighted by molar-refractivity contribution is 5.96. The van der Waals surface area contributed by atoms with Crippen LogP contribution in [0.2, 0.25) is 0 Å². The van der Waals surface area contributed by atoms with Crippen LogP contribution in [-0.4, -0.2) is 29.8 Å². The highest BCUT2D eigenvalue weighted by atomic mass is 19.3. The van der Waals surface area contributed by atoms with Gasteiger partial charge in [0.25, 0.3) is 12.3 Å². The van der Waals surface area contributed by atoms with Gasteiger partial charge < -0.3 is 15.4 Å². The smallest absolute Gasteiger partial charge is 0.272 e. The Labute approximate surface area is 155 Å². The molecule has 27 heavy (non-hydrogen) atoms. The molecule has 6 nitrogen and oxygen atoms in total. The van der Waals surface area contributed by atoms with E-state index in [1.165, 1.54) is 13.0 Å². The van der Waals surface area contributed by atoms with Crippen molar-refractivity contribution in [3.63, 3.8) is 0 Å². The summed E-state index contributed by atoms with van der Waals surface area (Å²) in [5, 5.41) is 5.33. The molecule has 0 bridgehead atoms. The molecule has 0 unspecified atom stereocenters. The monoisotopic (exact) mass is 377 g/mol. The Balaban J connectivity index is 2.02. The van der Waals surface area contributed by atoms with E-state index in [-0.39, 0.29) is 18.4 Å². The van der Waals surface area contributed by atoms with Crippen molar-refractivity contribution in [3.05, 3.63) is 52.7 Å². The van der Waals surface area contributed by atoms with Crippen LogP contribution < -0.4 is 15.4 Å². The molecule has 0 spiro atoms. The third-order valence-corrected chi connectivity index (χ3v) is 3.58. The summed E-state index contributed by atoms with van der Waals surface area (Å²) in [5.41, 5.74) is 2.48. The summed E-state index contributed by atoms with van der Waals surface area (Å²) in [6.07, 6.45) is -2.53. The van der Waals surface area contributed by atoms with Crippen LogP contribution in [0.15, 0.2) is 30.3 Å². The van der Waals surface area contributed by atoms with E-state index in [1.807, 2.05) is 0 Å².